The van der Waals surface area contributed by atoms with Crippen molar-refractivity contribution in [3.63, 3.8) is 0 Å². The third kappa shape index (κ3) is 5.10. The average molecular weight is 491 g/mol. The highest BCUT2D eigenvalue weighted by atomic mass is 16.5. The minimum absolute atomic E-state index is 0.339. The van der Waals surface area contributed by atoms with Crippen molar-refractivity contribution < 1.29 is 33.2 Å². The molecule has 0 spiro atoms. The fraction of sp³-hybridized carbons (Fsp3) is 0.222. The fourth-order valence-corrected chi connectivity index (χ4v) is 4.04. The molecule has 0 saturated carbocycles. The van der Waals surface area contributed by atoms with E-state index in [2.05, 4.69) is 10.7 Å². The number of hydrogen-bond acceptors (Lipinski definition) is 6. The molecule has 2 amide bonds. The minimum Gasteiger partial charge on any atom is -0.497 e. The van der Waals surface area contributed by atoms with Gasteiger partial charge in [0.2, 0.25) is 12.3 Å². The number of rotatable bonds is 8. The van der Waals surface area contributed by atoms with Crippen LogP contribution in [0.15, 0.2) is 66.7 Å². The summed E-state index contributed by atoms with van der Waals surface area (Å²) in [5.74, 6) is 1.76. The summed E-state index contributed by atoms with van der Waals surface area (Å²) in [6.45, 7) is 0. The number of amides is 2. The van der Waals surface area contributed by atoms with E-state index in [0.29, 0.717) is 28.6 Å². The van der Waals surface area contributed by atoms with Crippen LogP contribution in [0, 0.1) is 0 Å². The second-order valence-corrected chi connectivity index (χ2v) is 8.02. The van der Waals surface area contributed by atoms with Gasteiger partial charge in [0.05, 0.1) is 28.4 Å². The lowest BCUT2D eigenvalue weighted by Crippen LogP contribution is -2.42. The number of ether oxygens (including phenoxy) is 4. The van der Waals surface area contributed by atoms with Gasteiger partial charge in [-0.25, -0.2) is 0 Å². The molecule has 1 saturated heterocycles. The van der Waals surface area contributed by atoms with Crippen molar-refractivity contribution >= 4 is 18.0 Å². The number of hydrazine groups is 1. The molecule has 2 N–H and O–H groups in total. The number of nitrogens with zero attached hydrogens (tertiary/aromatic N) is 1. The van der Waals surface area contributed by atoms with E-state index in [9.17, 15) is 9.59 Å². The first-order chi connectivity index (χ1) is 17.5. The zero-order valence-electron chi connectivity index (χ0n) is 20.5. The maximum Gasteiger partial charge on any atom is 0.304 e. The molecule has 3 aromatic carbocycles. The van der Waals surface area contributed by atoms with E-state index in [1.54, 1.807) is 75.7 Å². The van der Waals surface area contributed by atoms with Crippen molar-refractivity contribution in [2.75, 3.05) is 28.4 Å². The van der Waals surface area contributed by atoms with Crippen LogP contribution in [0.25, 0.3) is 0 Å². The molecular weight excluding hydrogens is 462 g/mol. The number of hydrazone groups is 1. The Morgan fingerprint density at radius 3 is 2.03 bits per heavy atom. The fourth-order valence-electron chi connectivity index (χ4n) is 4.04. The highest BCUT2D eigenvalue weighted by Crippen LogP contribution is 2.29. The summed E-state index contributed by atoms with van der Waals surface area (Å²) in [6, 6.07) is 18.1. The third-order valence-electron chi connectivity index (χ3n) is 5.93. The average Bonchev–Trinajstić information content (AvgIpc) is 3.22. The van der Waals surface area contributed by atoms with Crippen LogP contribution in [0.1, 0.15) is 27.5 Å². The lowest BCUT2D eigenvalue weighted by atomic mass is 9.99. The number of hydrogen-bond donors (Lipinski definition) is 2. The monoisotopic (exact) mass is 490 g/mol. The van der Waals surface area contributed by atoms with E-state index in [1.165, 1.54) is 0 Å². The van der Waals surface area contributed by atoms with Crippen LogP contribution in [0.4, 0.5) is 0 Å². The molecule has 0 aliphatic carbocycles. The Morgan fingerprint density at radius 1 is 0.833 bits per heavy atom. The summed E-state index contributed by atoms with van der Waals surface area (Å²) in [5, 5.41) is 2.89. The van der Waals surface area contributed by atoms with Gasteiger partial charge in [-0.3, -0.25) is 9.59 Å². The summed E-state index contributed by atoms with van der Waals surface area (Å²) in [5.41, 5.74) is 4.87. The van der Waals surface area contributed by atoms with E-state index in [4.69, 9.17) is 18.9 Å². The van der Waals surface area contributed by atoms with Crippen molar-refractivity contribution in [1.82, 2.24) is 10.7 Å². The second kappa shape index (κ2) is 10.8. The van der Waals surface area contributed by atoms with E-state index < -0.39 is 12.1 Å². The Bertz CT molecular complexity index is 1270. The molecule has 2 atom stereocenters. The predicted octanol–water partition coefficient (Wildman–Crippen LogP) is 2.74. The largest absolute Gasteiger partial charge is 0.497 e. The highest BCUT2D eigenvalue weighted by Gasteiger charge is 2.47. The van der Waals surface area contributed by atoms with E-state index >= 15 is 0 Å². The molecule has 0 radical (unpaired) electrons. The molecule has 1 heterocycles. The van der Waals surface area contributed by atoms with Crippen LogP contribution < -0.4 is 29.7 Å². The van der Waals surface area contributed by atoms with Crippen LogP contribution >= 0.6 is 0 Å². The summed E-state index contributed by atoms with van der Waals surface area (Å²) < 4.78 is 22.9. The van der Waals surface area contributed by atoms with Gasteiger partial charge in [-0.15, -0.1) is 10.1 Å². The molecule has 186 valence electrons. The molecule has 4 rings (SSSR count). The zero-order chi connectivity index (χ0) is 25.7. The van der Waals surface area contributed by atoms with Crippen LogP contribution in [0.5, 0.6) is 23.0 Å². The number of carbonyl (C=O) groups is 2. The highest BCUT2D eigenvalue weighted by molar-refractivity contribution is 5.98. The van der Waals surface area contributed by atoms with Gasteiger partial charge in [0.15, 0.2) is 17.5 Å². The van der Waals surface area contributed by atoms with Gasteiger partial charge in [0.1, 0.15) is 11.5 Å². The lowest BCUT2D eigenvalue weighted by molar-refractivity contribution is -0.596. The lowest BCUT2D eigenvalue weighted by Gasteiger charge is -2.15. The van der Waals surface area contributed by atoms with Gasteiger partial charge < -0.3 is 24.3 Å². The third-order valence-corrected chi connectivity index (χ3v) is 5.93. The maximum absolute atomic E-state index is 13.1. The molecule has 36 heavy (non-hydrogen) atoms. The SMILES string of the molecule is COc1ccc(C(=O)N[C@@H]2C(=O)N/[N+](=C\c3ccc(OC)c(OC)c3)[C@H]2c2ccc(OC)cc2)cc1. The van der Waals surface area contributed by atoms with E-state index in [1.807, 2.05) is 30.3 Å². The molecule has 0 unspecified atom stereocenters. The molecule has 1 aliphatic rings. The molecular formula is C27H28N3O6+. The zero-order valence-corrected chi connectivity index (χ0v) is 20.5. The topological polar surface area (TPSA) is 98.1 Å². The predicted molar refractivity (Wildman–Crippen MR) is 133 cm³/mol. The van der Waals surface area contributed by atoms with Gasteiger partial charge in [-0.05, 0) is 66.7 Å². The molecule has 0 aromatic heterocycles. The summed E-state index contributed by atoms with van der Waals surface area (Å²) >= 11 is 0. The normalized spacial score (nSPS) is 17.9. The standard InChI is InChI=1S/C27H27N3O6/c1-33-20-10-6-18(7-11-20)25-24(28-26(31)19-8-12-21(34-2)13-9-19)27(32)29-30(25)16-17-5-14-22(35-3)23(15-17)36-4/h5-16,24-25H,1-4H3,(H-,28,29,31,32)/p+1/b30-16-/t24-,25-/m0/s1. The molecule has 3 aromatic rings. The number of nitrogens with one attached hydrogen (secondary N) is 2. The van der Waals surface area contributed by atoms with Crippen molar-refractivity contribution in [3.8, 4) is 23.0 Å². The van der Waals surface area contributed by atoms with Crippen molar-refractivity contribution in [1.29, 1.82) is 0 Å². The summed E-state index contributed by atoms with van der Waals surface area (Å²) in [4.78, 5) is 26.1. The van der Waals surface area contributed by atoms with Crippen molar-refractivity contribution in [2.45, 2.75) is 12.1 Å². The first-order valence-corrected chi connectivity index (χ1v) is 11.2. The van der Waals surface area contributed by atoms with Gasteiger partial charge in [-0.1, -0.05) is 0 Å². The van der Waals surface area contributed by atoms with Crippen molar-refractivity contribution in [2.24, 2.45) is 0 Å². The molecule has 1 aliphatic heterocycles. The van der Waals surface area contributed by atoms with Gasteiger partial charge in [0.25, 0.3) is 5.91 Å². The Hall–Kier alpha value is -4.53. The Labute approximate surface area is 209 Å². The molecule has 0 bridgehead atoms. The Morgan fingerprint density at radius 2 is 1.44 bits per heavy atom. The Balaban J connectivity index is 1.70. The van der Waals surface area contributed by atoms with Crippen LogP contribution in [-0.4, -0.2) is 57.2 Å². The number of methoxy groups -OCH3 is 4. The maximum atomic E-state index is 13.1. The number of carbonyl (C=O) groups excluding carboxylic acids is 2. The second-order valence-electron chi connectivity index (χ2n) is 8.02. The minimum atomic E-state index is -0.857. The van der Waals surface area contributed by atoms with Gasteiger partial charge in [0, 0.05) is 16.7 Å². The molecule has 1 fully saturated rings. The van der Waals surface area contributed by atoms with Crippen molar-refractivity contribution in [3.05, 3.63) is 83.4 Å². The van der Waals surface area contributed by atoms with Crippen LogP contribution in [0.2, 0.25) is 0 Å². The Kier molecular flexibility index (Phi) is 7.39. The summed E-state index contributed by atoms with van der Waals surface area (Å²) in [6.07, 6.45) is 1.79. The van der Waals surface area contributed by atoms with Gasteiger partial charge in [-0.2, -0.15) is 0 Å². The molecule has 9 heteroatoms. The van der Waals surface area contributed by atoms with E-state index in [-0.39, 0.29) is 11.8 Å². The first-order valence-electron chi connectivity index (χ1n) is 11.2. The van der Waals surface area contributed by atoms with Gasteiger partial charge >= 0.3 is 5.91 Å². The van der Waals surface area contributed by atoms with Crippen LogP contribution in [0.3, 0.4) is 0 Å². The van der Waals surface area contributed by atoms with E-state index in [0.717, 1.165) is 11.1 Å². The smallest absolute Gasteiger partial charge is 0.304 e. The quantitative estimate of drug-likeness (QED) is 0.472. The van der Waals surface area contributed by atoms with Crippen LogP contribution in [-0.2, 0) is 4.79 Å². The molecule has 9 nitrogen and oxygen atoms in total. The first kappa shape index (κ1) is 24.6. The summed E-state index contributed by atoms with van der Waals surface area (Å²) in [7, 11) is 6.27. The number of benzene rings is 3.